The molecule has 4 rings (SSSR count). The lowest BCUT2D eigenvalue weighted by Crippen LogP contribution is -2.33. The fraction of sp³-hybridized carbons (Fsp3) is 0.500. The monoisotopic (exact) mass is 443 g/mol. The Labute approximate surface area is 188 Å². The van der Waals surface area contributed by atoms with Crippen molar-refractivity contribution in [1.29, 1.82) is 0 Å². The minimum Gasteiger partial charge on any atom is -0.480 e. The zero-order chi connectivity index (χ0) is 21.6. The number of benzene rings is 1. The lowest BCUT2D eigenvalue weighted by atomic mass is 10.1. The molecule has 2 aliphatic rings. The summed E-state index contributed by atoms with van der Waals surface area (Å²) in [6, 6.07) is 10.8. The normalized spacial score (nSPS) is 19.6. The highest BCUT2D eigenvalue weighted by Gasteiger charge is 2.33. The third-order valence-corrected chi connectivity index (χ3v) is 6.35. The molecule has 31 heavy (non-hydrogen) atoms. The number of nitrogens with zero attached hydrogens (tertiary/aromatic N) is 2. The summed E-state index contributed by atoms with van der Waals surface area (Å²) >= 11 is 5.94. The minimum absolute atomic E-state index is 0.0835. The third kappa shape index (κ3) is 5.76. The van der Waals surface area contributed by atoms with Crippen LogP contribution in [0.2, 0.25) is 5.02 Å². The van der Waals surface area contributed by atoms with Gasteiger partial charge in [-0.25, -0.2) is 4.98 Å². The molecule has 166 valence electrons. The Morgan fingerprint density at radius 3 is 2.90 bits per heavy atom. The number of aryl methyl sites for hydroxylation is 2. The van der Waals surface area contributed by atoms with Crippen molar-refractivity contribution in [3.63, 3.8) is 0 Å². The number of pyridine rings is 1. The highest BCUT2D eigenvalue weighted by molar-refractivity contribution is 6.30. The minimum atomic E-state index is -0.838. The number of aromatic nitrogens is 1. The molecular weight excluding hydrogens is 414 g/mol. The smallest absolute Gasteiger partial charge is 0.325 e. The van der Waals surface area contributed by atoms with Gasteiger partial charge >= 0.3 is 5.97 Å². The van der Waals surface area contributed by atoms with Gasteiger partial charge in [0.05, 0.1) is 6.10 Å². The predicted octanol–water partition coefficient (Wildman–Crippen LogP) is 4.33. The fourth-order valence-corrected chi connectivity index (χ4v) is 4.57. The first-order valence-corrected chi connectivity index (χ1v) is 11.5. The quantitative estimate of drug-likeness (QED) is 0.562. The third-order valence-electron chi connectivity index (χ3n) is 6.09. The summed E-state index contributed by atoms with van der Waals surface area (Å²) in [7, 11) is 0. The van der Waals surface area contributed by atoms with Crippen molar-refractivity contribution in [2.24, 2.45) is 0 Å². The molecule has 6 nitrogen and oxygen atoms in total. The number of nitrogens with one attached hydrogen (secondary N) is 1. The van der Waals surface area contributed by atoms with Crippen molar-refractivity contribution in [2.75, 3.05) is 31.6 Å². The number of carboxylic acids is 1. The largest absolute Gasteiger partial charge is 0.480 e. The maximum absolute atomic E-state index is 11.9. The Morgan fingerprint density at radius 2 is 2.10 bits per heavy atom. The Hall–Kier alpha value is -2.15. The van der Waals surface area contributed by atoms with Crippen LogP contribution in [-0.4, -0.2) is 53.3 Å². The van der Waals surface area contributed by atoms with Crippen molar-refractivity contribution in [1.82, 2.24) is 9.88 Å². The molecule has 0 bridgehead atoms. The Morgan fingerprint density at radius 1 is 1.26 bits per heavy atom. The van der Waals surface area contributed by atoms with Crippen molar-refractivity contribution in [3.05, 3.63) is 58.2 Å². The van der Waals surface area contributed by atoms with Gasteiger partial charge in [-0.3, -0.25) is 9.69 Å². The second-order valence-electron chi connectivity index (χ2n) is 8.37. The number of hydrogen-bond acceptors (Lipinski definition) is 5. The van der Waals surface area contributed by atoms with E-state index < -0.39 is 12.0 Å². The number of ether oxygens (including phenoxy) is 1. The Balaban J connectivity index is 1.20. The SMILES string of the molecule is O=C(O)C(c1ccc(Cl)cc1)N1CCC(OCCCCc2ccc3c(n2)NCCC3)C1. The van der Waals surface area contributed by atoms with Crippen molar-refractivity contribution in [2.45, 2.75) is 50.7 Å². The maximum atomic E-state index is 11.9. The number of carboxylic acid groups (broad SMARTS) is 1. The molecule has 2 unspecified atom stereocenters. The number of carbonyl (C=O) groups is 1. The summed E-state index contributed by atoms with van der Waals surface area (Å²) in [5.41, 5.74) is 3.21. The summed E-state index contributed by atoms with van der Waals surface area (Å²) in [5, 5.41) is 13.7. The van der Waals surface area contributed by atoms with Crippen LogP contribution in [0.15, 0.2) is 36.4 Å². The molecule has 2 aliphatic heterocycles. The highest BCUT2D eigenvalue weighted by Crippen LogP contribution is 2.28. The number of anilines is 1. The molecular formula is C24H30ClN3O3. The van der Waals surface area contributed by atoms with Crippen LogP contribution in [-0.2, 0) is 22.4 Å². The first kappa shape index (κ1) is 22.1. The van der Waals surface area contributed by atoms with E-state index in [0.29, 0.717) is 18.2 Å². The molecule has 0 saturated carbocycles. The van der Waals surface area contributed by atoms with Gasteiger partial charge in [0.1, 0.15) is 11.9 Å². The van der Waals surface area contributed by atoms with Gasteiger partial charge < -0.3 is 15.2 Å². The molecule has 1 aromatic carbocycles. The van der Waals surface area contributed by atoms with Gasteiger partial charge in [0, 0.05) is 37.0 Å². The summed E-state index contributed by atoms with van der Waals surface area (Å²) in [6.07, 6.45) is 6.19. The molecule has 2 aromatic rings. The van der Waals surface area contributed by atoms with E-state index in [0.717, 1.165) is 62.3 Å². The molecule has 7 heteroatoms. The van der Waals surface area contributed by atoms with Crippen LogP contribution in [0.3, 0.4) is 0 Å². The summed E-state index contributed by atoms with van der Waals surface area (Å²) in [5.74, 6) is 0.217. The first-order chi connectivity index (χ1) is 15.1. The molecule has 3 heterocycles. The Kier molecular flexibility index (Phi) is 7.43. The van der Waals surface area contributed by atoms with E-state index in [2.05, 4.69) is 17.4 Å². The maximum Gasteiger partial charge on any atom is 0.325 e. The zero-order valence-electron chi connectivity index (χ0n) is 17.7. The number of fused-ring (bicyclic) bond motifs is 1. The first-order valence-electron chi connectivity index (χ1n) is 11.2. The predicted molar refractivity (Wildman–Crippen MR) is 122 cm³/mol. The van der Waals surface area contributed by atoms with E-state index >= 15 is 0 Å². The molecule has 2 N–H and O–H groups in total. The van der Waals surface area contributed by atoms with Crippen molar-refractivity contribution < 1.29 is 14.6 Å². The van der Waals surface area contributed by atoms with E-state index in [1.165, 1.54) is 12.0 Å². The van der Waals surface area contributed by atoms with Gasteiger partial charge in [0.2, 0.25) is 0 Å². The number of likely N-dealkylation sites (tertiary alicyclic amines) is 1. The number of halogens is 1. The van der Waals surface area contributed by atoms with Gasteiger partial charge in [-0.15, -0.1) is 0 Å². The van der Waals surface area contributed by atoms with Crippen molar-refractivity contribution in [3.8, 4) is 0 Å². The molecule has 0 amide bonds. The molecule has 1 fully saturated rings. The molecule has 1 aromatic heterocycles. The lowest BCUT2D eigenvalue weighted by molar-refractivity contribution is -0.143. The standard InChI is InChI=1S/C24H30ClN3O3/c25-19-9-6-17(7-10-19)22(24(29)30)28-14-12-21(16-28)31-15-2-1-5-20-11-8-18-4-3-13-26-23(18)27-20/h6-11,21-22H,1-5,12-16H2,(H,26,27)(H,29,30). The second-order valence-corrected chi connectivity index (χ2v) is 8.80. The van der Waals surface area contributed by atoms with Gasteiger partial charge in [0.25, 0.3) is 0 Å². The van der Waals surface area contributed by atoms with E-state index in [-0.39, 0.29) is 6.10 Å². The van der Waals surface area contributed by atoms with E-state index in [1.54, 1.807) is 24.3 Å². The molecule has 2 atom stereocenters. The van der Waals surface area contributed by atoms with Gasteiger partial charge in [0.15, 0.2) is 0 Å². The summed E-state index contributed by atoms with van der Waals surface area (Å²) < 4.78 is 6.06. The molecule has 0 radical (unpaired) electrons. The zero-order valence-corrected chi connectivity index (χ0v) is 18.5. The average Bonchev–Trinajstić information content (AvgIpc) is 3.23. The number of hydrogen-bond donors (Lipinski definition) is 2. The summed E-state index contributed by atoms with van der Waals surface area (Å²) in [6.45, 7) is 3.06. The van der Waals surface area contributed by atoms with E-state index in [9.17, 15) is 9.90 Å². The van der Waals surface area contributed by atoms with Crippen LogP contribution in [0.5, 0.6) is 0 Å². The summed E-state index contributed by atoms with van der Waals surface area (Å²) in [4.78, 5) is 18.6. The van der Waals surface area contributed by atoms with Crippen molar-refractivity contribution >= 4 is 23.4 Å². The molecule has 0 aliphatic carbocycles. The van der Waals surface area contributed by atoms with Crippen LogP contribution < -0.4 is 5.32 Å². The van der Waals surface area contributed by atoms with Crippen LogP contribution in [0.25, 0.3) is 0 Å². The molecule has 0 spiro atoms. The lowest BCUT2D eigenvalue weighted by Gasteiger charge is -2.24. The van der Waals surface area contributed by atoms with E-state index in [1.807, 2.05) is 4.90 Å². The topological polar surface area (TPSA) is 74.7 Å². The number of rotatable bonds is 9. The number of unbranched alkanes of at least 4 members (excludes halogenated alkanes) is 1. The highest BCUT2D eigenvalue weighted by atomic mass is 35.5. The van der Waals surface area contributed by atoms with Crippen LogP contribution in [0, 0.1) is 0 Å². The van der Waals surface area contributed by atoms with Crippen LogP contribution in [0.4, 0.5) is 5.82 Å². The average molecular weight is 444 g/mol. The van der Waals surface area contributed by atoms with Gasteiger partial charge in [-0.2, -0.15) is 0 Å². The molecule has 1 saturated heterocycles. The van der Waals surface area contributed by atoms with Crippen LogP contribution >= 0.6 is 11.6 Å². The van der Waals surface area contributed by atoms with E-state index in [4.69, 9.17) is 21.3 Å². The van der Waals surface area contributed by atoms with Gasteiger partial charge in [-0.1, -0.05) is 29.8 Å². The second kappa shape index (κ2) is 10.4. The van der Waals surface area contributed by atoms with Gasteiger partial charge in [-0.05, 0) is 67.9 Å². The van der Waals surface area contributed by atoms with Crippen LogP contribution in [0.1, 0.15) is 48.5 Å². The fourth-order valence-electron chi connectivity index (χ4n) is 4.45. The Bertz CT molecular complexity index is 890. The number of aliphatic carboxylic acids is 1.